The molecule has 0 spiro atoms. The van der Waals surface area contributed by atoms with Crippen LogP contribution in [0.5, 0.6) is 11.5 Å². The molecule has 15 heteroatoms. The van der Waals surface area contributed by atoms with Crippen molar-refractivity contribution in [3.8, 4) is 11.5 Å². The van der Waals surface area contributed by atoms with Gasteiger partial charge in [-0.3, -0.25) is 19.8 Å². The Hall–Kier alpha value is -5.64. The van der Waals surface area contributed by atoms with Gasteiger partial charge in [0, 0.05) is 49.5 Å². The highest BCUT2D eigenvalue weighted by Gasteiger charge is 2.37. The first kappa shape index (κ1) is 39.8. The maximum Gasteiger partial charge on any atom is 0.293 e. The van der Waals surface area contributed by atoms with E-state index in [4.69, 9.17) is 9.47 Å². The van der Waals surface area contributed by atoms with E-state index in [1.807, 2.05) is 12.1 Å². The Morgan fingerprint density at radius 1 is 1.00 bits per heavy atom. The summed E-state index contributed by atoms with van der Waals surface area (Å²) in [5.74, 6) is 0.124. The fourth-order valence-electron chi connectivity index (χ4n) is 9.06. The molecule has 60 heavy (non-hydrogen) atoms. The van der Waals surface area contributed by atoms with Gasteiger partial charge in [-0.05, 0) is 147 Å². The molecule has 4 aliphatic rings. The number of nitro benzene ring substituents is 1. The number of fused-ring (bicyclic) bond motifs is 1. The molecule has 3 aromatic carbocycles. The zero-order chi connectivity index (χ0) is 41.4. The maximum atomic E-state index is 14.6. The molecule has 1 saturated carbocycles. The Morgan fingerprint density at radius 3 is 2.63 bits per heavy atom. The second-order valence-electron chi connectivity index (χ2n) is 16.3. The second kappa shape index (κ2) is 16.8. The number of rotatable bonds is 13. The summed E-state index contributed by atoms with van der Waals surface area (Å²) >= 11 is 0. The predicted octanol–water partition coefficient (Wildman–Crippen LogP) is 9.01. The third-order valence-corrected chi connectivity index (χ3v) is 13.7. The van der Waals surface area contributed by atoms with E-state index in [9.17, 15) is 27.7 Å². The van der Waals surface area contributed by atoms with E-state index in [1.165, 1.54) is 30.0 Å². The molecule has 0 radical (unpaired) electrons. The van der Waals surface area contributed by atoms with Crippen molar-refractivity contribution >= 4 is 43.9 Å². The topological polar surface area (TPSA) is 169 Å². The molecule has 3 fully saturated rings. The van der Waals surface area contributed by atoms with Crippen molar-refractivity contribution in [1.29, 1.82) is 0 Å². The Balaban J connectivity index is 0.956. The highest BCUT2D eigenvalue weighted by atomic mass is 32.2. The number of allylic oxidation sites excluding steroid dienone is 1. The molecule has 13 nitrogen and oxygen atoms in total. The number of nitro groups is 1. The molecule has 4 heterocycles. The van der Waals surface area contributed by atoms with Gasteiger partial charge in [0.15, 0.2) is 0 Å². The quantitative estimate of drug-likeness (QED) is 0.0769. The number of ether oxygens (including phenoxy) is 2. The van der Waals surface area contributed by atoms with E-state index in [1.54, 1.807) is 36.5 Å². The second-order valence-corrected chi connectivity index (χ2v) is 18.0. The van der Waals surface area contributed by atoms with Crippen molar-refractivity contribution < 1.29 is 32.0 Å². The third-order valence-electron chi connectivity index (χ3n) is 12.4. The number of aromatic amines is 1. The number of pyridine rings is 1. The number of halogens is 1. The number of nitrogens with one attached hydrogen (secondary N) is 3. The maximum absolute atomic E-state index is 14.6. The van der Waals surface area contributed by atoms with Gasteiger partial charge in [-0.1, -0.05) is 18.2 Å². The number of hydrogen-bond acceptors (Lipinski definition) is 10. The van der Waals surface area contributed by atoms with Gasteiger partial charge in [0.1, 0.15) is 28.7 Å². The first-order valence-electron chi connectivity index (χ1n) is 20.8. The summed E-state index contributed by atoms with van der Waals surface area (Å²) in [4.78, 5) is 34.9. The number of carbonyl (C=O) groups is 1. The monoisotopic (exact) mass is 834 g/mol. The molecule has 2 atom stereocenters. The van der Waals surface area contributed by atoms with Crippen molar-refractivity contribution in [2.45, 2.75) is 80.7 Å². The largest absolute Gasteiger partial charge is 0.455 e. The average Bonchev–Trinajstić information content (AvgIpc) is 3.78. The lowest BCUT2D eigenvalue weighted by molar-refractivity contribution is -0.384. The zero-order valence-corrected chi connectivity index (χ0v) is 33.9. The van der Waals surface area contributed by atoms with Gasteiger partial charge in [0.2, 0.25) is 0 Å². The van der Waals surface area contributed by atoms with Crippen LogP contribution in [0.4, 0.5) is 15.8 Å². The molecule has 312 valence electrons. The van der Waals surface area contributed by atoms with E-state index in [0.717, 1.165) is 92.5 Å². The Labute approximate surface area is 347 Å². The summed E-state index contributed by atoms with van der Waals surface area (Å²) in [6.45, 7) is 2.69. The zero-order valence-electron chi connectivity index (χ0n) is 33.1. The van der Waals surface area contributed by atoms with Gasteiger partial charge in [-0.15, -0.1) is 0 Å². The predicted molar refractivity (Wildman–Crippen MR) is 225 cm³/mol. The molecule has 9 rings (SSSR count). The number of hydrogen-bond donors (Lipinski definition) is 3. The smallest absolute Gasteiger partial charge is 0.293 e. The summed E-state index contributed by atoms with van der Waals surface area (Å²) in [5, 5.41) is 15.9. The minimum Gasteiger partial charge on any atom is -0.455 e. The lowest BCUT2D eigenvalue weighted by Crippen LogP contribution is -2.36. The standard InChI is InChI=1S/C45H47FN6O7S/c46-33-8-13-37(30-3-4-30)39(24-33)41-2-1-19-51(41)34-9-5-29(6-10-34)31-7-12-38(43(23-31)59-35-22-32-15-18-47-44(32)49-27-35)45(53)50-60(56,57)36-11-14-40(42(25-36)52(54)55)48-26-28-16-20-58-21-17-28/h5,7-8,11-15,18,22-25,27-28,30,34,41,48H,1-4,6,9-10,16-17,19-21,26H2,(H,47,49)(H,50,53). The number of H-pyrrole nitrogens is 1. The molecule has 2 unspecified atom stereocenters. The van der Waals surface area contributed by atoms with Crippen LogP contribution in [0, 0.1) is 21.8 Å². The van der Waals surface area contributed by atoms with Crippen molar-refractivity contribution in [3.05, 3.63) is 123 Å². The fourth-order valence-corrected chi connectivity index (χ4v) is 10.0. The van der Waals surface area contributed by atoms with Gasteiger partial charge in [0.25, 0.3) is 21.6 Å². The average molecular weight is 835 g/mol. The Kier molecular flexibility index (Phi) is 11.1. The molecule has 2 aliphatic heterocycles. The summed E-state index contributed by atoms with van der Waals surface area (Å²) in [7, 11) is -4.56. The van der Waals surface area contributed by atoms with Crippen LogP contribution in [-0.4, -0.2) is 66.5 Å². The number of anilines is 1. The van der Waals surface area contributed by atoms with Gasteiger partial charge >= 0.3 is 0 Å². The normalized spacial score (nSPS) is 20.2. The van der Waals surface area contributed by atoms with E-state index < -0.39 is 31.4 Å². The molecule has 2 aromatic heterocycles. The lowest BCUT2D eigenvalue weighted by Gasteiger charge is -2.36. The molecule has 0 bridgehead atoms. The number of aromatic nitrogens is 2. The number of likely N-dealkylation sites (tertiary alicyclic amines) is 1. The van der Waals surface area contributed by atoms with Gasteiger partial charge in [-0.2, -0.15) is 0 Å². The summed E-state index contributed by atoms with van der Waals surface area (Å²) < 4.78 is 55.7. The minimum absolute atomic E-state index is 0.0449. The number of amides is 1. The summed E-state index contributed by atoms with van der Waals surface area (Å²) in [6, 6.07) is 18.0. The first-order valence-corrected chi connectivity index (χ1v) is 22.2. The van der Waals surface area contributed by atoms with Crippen LogP contribution in [0.15, 0.2) is 90.1 Å². The lowest BCUT2D eigenvalue weighted by atomic mass is 9.88. The third kappa shape index (κ3) is 8.51. The van der Waals surface area contributed by atoms with Crippen LogP contribution >= 0.6 is 0 Å². The summed E-state index contributed by atoms with van der Waals surface area (Å²) in [5.41, 5.74) is 4.73. The summed E-state index contributed by atoms with van der Waals surface area (Å²) in [6.07, 6.45) is 14.0. The molecule has 5 aromatic rings. The highest BCUT2D eigenvalue weighted by Crippen LogP contribution is 2.47. The van der Waals surface area contributed by atoms with Crippen LogP contribution in [0.25, 0.3) is 16.6 Å². The first-order chi connectivity index (χ1) is 29.1. The number of sulfonamides is 1. The molecule has 3 N–H and O–H groups in total. The van der Waals surface area contributed by atoms with Crippen LogP contribution in [0.3, 0.4) is 0 Å². The fraction of sp³-hybridized carbons (Fsp3) is 0.378. The Morgan fingerprint density at radius 2 is 1.85 bits per heavy atom. The number of carbonyl (C=O) groups excluding carboxylic acids is 1. The molecule has 2 saturated heterocycles. The van der Waals surface area contributed by atoms with Gasteiger partial charge in [0.05, 0.1) is 21.6 Å². The molecule has 1 amide bonds. The van der Waals surface area contributed by atoms with Crippen LogP contribution in [-0.2, 0) is 14.8 Å². The minimum atomic E-state index is -4.56. The van der Waals surface area contributed by atoms with Crippen LogP contribution < -0.4 is 14.8 Å². The molecular formula is C45H47FN6O7S. The van der Waals surface area contributed by atoms with E-state index in [-0.39, 0.29) is 34.8 Å². The van der Waals surface area contributed by atoms with E-state index in [2.05, 4.69) is 31.0 Å². The van der Waals surface area contributed by atoms with Gasteiger partial charge < -0.3 is 19.8 Å². The van der Waals surface area contributed by atoms with Crippen molar-refractivity contribution in [2.24, 2.45) is 5.92 Å². The van der Waals surface area contributed by atoms with Crippen LogP contribution in [0.1, 0.15) is 96.8 Å². The van der Waals surface area contributed by atoms with Crippen molar-refractivity contribution in [1.82, 2.24) is 19.6 Å². The number of benzene rings is 3. The van der Waals surface area contributed by atoms with Gasteiger partial charge in [-0.25, -0.2) is 22.5 Å². The van der Waals surface area contributed by atoms with Crippen LogP contribution in [0.2, 0.25) is 0 Å². The molecule has 2 aliphatic carbocycles. The highest BCUT2D eigenvalue weighted by molar-refractivity contribution is 7.90. The Bertz CT molecular complexity index is 2590. The van der Waals surface area contributed by atoms with Crippen molar-refractivity contribution in [3.63, 3.8) is 0 Å². The number of nitrogens with zero attached hydrogens (tertiary/aromatic N) is 3. The molecular weight excluding hydrogens is 788 g/mol. The van der Waals surface area contributed by atoms with Crippen molar-refractivity contribution in [2.75, 3.05) is 31.6 Å². The van der Waals surface area contributed by atoms with E-state index in [0.29, 0.717) is 43.1 Å². The van der Waals surface area contributed by atoms with E-state index >= 15 is 0 Å². The SMILES string of the molecule is O=C(NS(=O)(=O)c1ccc(NCC2CCOCC2)c([N+](=O)[O-])c1)c1ccc(C2=CCC(N3CCCC3c3cc(F)ccc3C3CC3)CC2)cc1Oc1cnc2[nH]ccc2c1.